The van der Waals surface area contributed by atoms with Crippen LogP contribution in [0.1, 0.15) is 11.3 Å². The minimum Gasteiger partial charge on any atom is -0.379 e. The molecule has 2 aromatic rings. The second-order valence-corrected chi connectivity index (χ2v) is 7.38. The van der Waals surface area contributed by atoms with Crippen LogP contribution in [0.4, 0.5) is 5.69 Å². The number of sulfone groups is 1. The number of nitrogens with one attached hydrogen (secondary N) is 1. The molecule has 0 atom stereocenters. The van der Waals surface area contributed by atoms with Gasteiger partial charge in [0.05, 0.1) is 17.1 Å². The van der Waals surface area contributed by atoms with Crippen molar-refractivity contribution >= 4 is 31.5 Å². The third kappa shape index (κ3) is 3.80. The zero-order valence-electron chi connectivity index (χ0n) is 11.2. The topological polar surface area (TPSA) is 59.1 Å². The molecule has 1 heterocycles. The largest absolute Gasteiger partial charge is 0.379 e. The fourth-order valence-electron chi connectivity index (χ4n) is 1.76. The van der Waals surface area contributed by atoms with Gasteiger partial charge in [0.2, 0.25) is 0 Å². The molecule has 0 saturated heterocycles. The first-order chi connectivity index (χ1) is 9.36. The van der Waals surface area contributed by atoms with E-state index in [1.165, 1.54) is 6.26 Å². The molecule has 0 aliphatic heterocycles. The second kappa shape index (κ2) is 5.93. The molecule has 1 aromatic carbocycles. The van der Waals surface area contributed by atoms with Crippen LogP contribution in [0.3, 0.4) is 0 Å². The van der Waals surface area contributed by atoms with E-state index in [1.54, 1.807) is 18.2 Å². The smallest absolute Gasteiger partial charge is 0.175 e. The third-order valence-corrected chi connectivity index (χ3v) is 4.42. The normalized spacial score (nSPS) is 11.3. The summed E-state index contributed by atoms with van der Waals surface area (Å²) < 4.78 is 23.9. The lowest BCUT2D eigenvalue weighted by Gasteiger charge is -2.11. The monoisotopic (exact) mass is 354 g/mol. The lowest BCUT2D eigenvalue weighted by molar-refractivity contribution is 0.602. The maximum absolute atomic E-state index is 11.6. The summed E-state index contributed by atoms with van der Waals surface area (Å²) in [6.45, 7) is 2.47. The summed E-state index contributed by atoms with van der Waals surface area (Å²) in [5.74, 6) is 0. The number of anilines is 1. The Bertz CT molecular complexity index is 730. The van der Waals surface area contributed by atoms with Gasteiger partial charge in [0.25, 0.3) is 0 Å². The van der Waals surface area contributed by atoms with Gasteiger partial charge in [0.1, 0.15) is 4.60 Å². The van der Waals surface area contributed by atoms with Crippen molar-refractivity contribution in [2.45, 2.75) is 18.4 Å². The van der Waals surface area contributed by atoms with Crippen LogP contribution in [0.2, 0.25) is 0 Å². The lowest BCUT2D eigenvalue weighted by Crippen LogP contribution is -2.05. The summed E-state index contributed by atoms with van der Waals surface area (Å²) >= 11 is 3.32. The van der Waals surface area contributed by atoms with Crippen LogP contribution < -0.4 is 5.32 Å². The molecule has 4 nitrogen and oxygen atoms in total. The molecule has 0 radical (unpaired) electrons. The average molecular weight is 355 g/mol. The lowest BCUT2D eigenvalue weighted by atomic mass is 10.2. The minimum atomic E-state index is -3.19. The van der Waals surface area contributed by atoms with Crippen LogP contribution in [0.25, 0.3) is 0 Å². The highest BCUT2D eigenvalue weighted by atomic mass is 79.9. The molecule has 0 bridgehead atoms. The molecule has 0 amide bonds. The number of pyridine rings is 1. The van der Waals surface area contributed by atoms with Gasteiger partial charge in [0.15, 0.2) is 9.84 Å². The van der Waals surface area contributed by atoms with E-state index in [2.05, 4.69) is 26.2 Å². The molecule has 20 heavy (non-hydrogen) atoms. The molecule has 0 saturated carbocycles. The van der Waals surface area contributed by atoms with Crippen molar-refractivity contribution in [3.63, 3.8) is 0 Å². The number of nitrogens with zero attached hydrogens (tertiary/aromatic N) is 1. The number of aromatic nitrogens is 1. The Morgan fingerprint density at radius 1 is 1.25 bits per heavy atom. The Balaban J connectivity index is 2.21. The molecule has 0 aliphatic carbocycles. The van der Waals surface area contributed by atoms with E-state index in [4.69, 9.17) is 0 Å². The van der Waals surface area contributed by atoms with Crippen molar-refractivity contribution in [2.75, 3.05) is 11.6 Å². The number of hydrogen-bond donors (Lipinski definition) is 1. The molecule has 0 unspecified atom stereocenters. The quantitative estimate of drug-likeness (QED) is 0.856. The fourth-order valence-corrected chi connectivity index (χ4v) is 2.78. The summed E-state index contributed by atoms with van der Waals surface area (Å²) in [6, 6.07) is 10.8. The van der Waals surface area contributed by atoms with Crippen molar-refractivity contribution in [2.24, 2.45) is 0 Å². The van der Waals surface area contributed by atoms with Gasteiger partial charge >= 0.3 is 0 Å². The van der Waals surface area contributed by atoms with E-state index >= 15 is 0 Å². The van der Waals surface area contributed by atoms with Crippen LogP contribution in [-0.4, -0.2) is 19.7 Å². The van der Waals surface area contributed by atoms with Gasteiger partial charge in [-0.15, -0.1) is 0 Å². The molecule has 2 rings (SSSR count). The van der Waals surface area contributed by atoms with E-state index in [9.17, 15) is 8.42 Å². The van der Waals surface area contributed by atoms with Gasteiger partial charge in [-0.2, -0.15) is 0 Å². The van der Waals surface area contributed by atoms with Crippen molar-refractivity contribution in [1.29, 1.82) is 0 Å². The van der Waals surface area contributed by atoms with E-state index in [0.717, 1.165) is 21.5 Å². The molecule has 0 fully saturated rings. The van der Waals surface area contributed by atoms with Crippen molar-refractivity contribution < 1.29 is 8.42 Å². The Morgan fingerprint density at radius 2 is 2.00 bits per heavy atom. The van der Waals surface area contributed by atoms with E-state index in [-0.39, 0.29) is 0 Å². The maximum Gasteiger partial charge on any atom is 0.175 e. The summed E-state index contributed by atoms with van der Waals surface area (Å²) in [7, 11) is -3.19. The molecular formula is C14H15BrN2O2S. The minimum absolute atomic E-state index is 0.313. The van der Waals surface area contributed by atoms with Crippen LogP contribution in [0.5, 0.6) is 0 Å². The SMILES string of the molecule is Cc1ccc(S(C)(=O)=O)cc1NCc1cccc(Br)n1. The van der Waals surface area contributed by atoms with Gasteiger partial charge in [-0.1, -0.05) is 12.1 Å². The molecule has 0 aliphatic rings. The zero-order chi connectivity index (χ0) is 14.8. The highest BCUT2D eigenvalue weighted by molar-refractivity contribution is 9.10. The summed E-state index contributed by atoms with van der Waals surface area (Å²) in [6.07, 6.45) is 1.21. The number of aryl methyl sites for hydroxylation is 1. The highest BCUT2D eigenvalue weighted by Gasteiger charge is 2.09. The summed E-state index contributed by atoms with van der Waals surface area (Å²) in [5.41, 5.74) is 2.67. The van der Waals surface area contributed by atoms with Crippen LogP contribution in [0, 0.1) is 6.92 Å². The second-order valence-electron chi connectivity index (χ2n) is 4.55. The van der Waals surface area contributed by atoms with Gasteiger partial charge in [-0.05, 0) is 52.7 Å². The van der Waals surface area contributed by atoms with Crippen LogP contribution in [0.15, 0.2) is 45.9 Å². The Hall–Kier alpha value is -1.40. The fraction of sp³-hybridized carbons (Fsp3) is 0.214. The van der Waals surface area contributed by atoms with Crippen molar-refractivity contribution in [3.8, 4) is 0 Å². The summed E-state index contributed by atoms with van der Waals surface area (Å²) in [4.78, 5) is 4.64. The van der Waals surface area contributed by atoms with E-state index < -0.39 is 9.84 Å². The van der Waals surface area contributed by atoms with Gasteiger partial charge < -0.3 is 5.32 Å². The molecule has 1 N–H and O–H groups in total. The number of rotatable bonds is 4. The van der Waals surface area contributed by atoms with Crippen molar-refractivity contribution in [1.82, 2.24) is 4.98 Å². The average Bonchev–Trinajstić information content (AvgIpc) is 2.36. The van der Waals surface area contributed by atoms with Crippen LogP contribution in [-0.2, 0) is 16.4 Å². The van der Waals surface area contributed by atoms with Gasteiger partial charge in [0, 0.05) is 11.9 Å². The van der Waals surface area contributed by atoms with E-state index in [1.807, 2.05) is 25.1 Å². The first-order valence-electron chi connectivity index (χ1n) is 6.02. The van der Waals surface area contributed by atoms with Gasteiger partial charge in [-0.25, -0.2) is 13.4 Å². The van der Waals surface area contributed by atoms with Gasteiger partial charge in [-0.3, -0.25) is 0 Å². The predicted octanol–water partition coefficient (Wildman–Crippen LogP) is 3.17. The van der Waals surface area contributed by atoms with Crippen molar-refractivity contribution in [3.05, 3.63) is 52.3 Å². The van der Waals surface area contributed by atoms with Crippen LogP contribution >= 0.6 is 15.9 Å². The maximum atomic E-state index is 11.6. The molecular weight excluding hydrogens is 340 g/mol. The zero-order valence-corrected chi connectivity index (χ0v) is 13.6. The molecule has 1 aromatic heterocycles. The molecule has 6 heteroatoms. The summed E-state index contributed by atoms with van der Waals surface area (Å²) in [5, 5.41) is 3.22. The first kappa shape index (κ1) is 15.0. The van der Waals surface area contributed by atoms with E-state index in [0.29, 0.717) is 11.4 Å². The highest BCUT2D eigenvalue weighted by Crippen LogP contribution is 2.20. The Kier molecular flexibility index (Phi) is 4.45. The number of hydrogen-bond acceptors (Lipinski definition) is 4. The third-order valence-electron chi connectivity index (χ3n) is 2.87. The number of benzene rings is 1. The first-order valence-corrected chi connectivity index (χ1v) is 8.71. The Morgan fingerprint density at radius 3 is 2.65 bits per heavy atom. The Labute approximate surface area is 127 Å². The molecule has 106 valence electrons. The standard InChI is InChI=1S/C14H15BrN2O2S/c1-10-6-7-12(20(2,18)19)8-13(10)16-9-11-4-3-5-14(15)17-11/h3-8,16H,9H2,1-2H3. The predicted molar refractivity (Wildman–Crippen MR) is 83.6 cm³/mol. The number of halogens is 1. The molecule has 0 spiro atoms.